The monoisotopic (exact) mass is 250 g/mol. The van der Waals surface area contributed by atoms with Crippen LogP contribution in [0.3, 0.4) is 0 Å². The van der Waals surface area contributed by atoms with Crippen molar-refractivity contribution in [1.82, 2.24) is 5.32 Å². The Labute approximate surface area is 109 Å². The van der Waals surface area contributed by atoms with E-state index in [1.54, 1.807) is 6.92 Å². The number of carbonyl (C=O) groups excluding carboxylic acids is 1. The second kappa shape index (κ2) is 7.01. The van der Waals surface area contributed by atoms with Crippen molar-refractivity contribution in [3.63, 3.8) is 0 Å². The number of rotatable bonds is 6. The molecule has 0 spiro atoms. The second-order valence-electron chi connectivity index (χ2n) is 4.38. The molecule has 0 bridgehead atoms. The number of benzene rings is 1. The number of ether oxygens (including phenoxy) is 1. The fraction of sp³-hybridized carbons (Fsp3) is 0.500. The summed E-state index contributed by atoms with van der Waals surface area (Å²) in [4.78, 5) is 13.7. The van der Waals surface area contributed by atoms with Gasteiger partial charge in [-0.15, -0.1) is 0 Å². The molecule has 1 rings (SSSR count). The van der Waals surface area contributed by atoms with Crippen LogP contribution in [-0.2, 0) is 16.1 Å². The molecule has 1 amide bonds. The van der Waals surface area contributed by atoms with Crippen molar-refractivity contribution in [2.45, 2.75) is 26.5 Å². The van der Waals surface area contributed by atoms with Crippen LogP contribution in [0.2, 0.25) is 0 Å². The molecular weight excluding hydrogens is 228 g/mol. The minimum atomic E-state index is -0.393. The highest BCUT2D eigenvalue weighted by Gasteiger charge is 2.11. The summed E-state index contributed by atoms with van der Waals surface area (Å²) in [6.07, 6.45) is -0.393. The van der Waals surface area contributed by atoms with E-state index in [1.165, 1.54) is 0 Å². The largest absolute Gasteiger partial charge is 0.378 e. The van der Waals surface area contributed by atoms with E-state index in [-0.39, 0.29) is 5.91 Å². The highest BCUT2D eigenvalue weighted by atomic mass is 16.5. The van der Waals surface area contributed by atoms with E-state index >= 15 is 0 Å². The maximum atomic E-state index is 11.6. The molecule has 0 aliphatic rings. The Bertz CT molecular complexity index is 374. The fourth-order valence-electron chi connectivity index (χ4n) is 1.57. The molecule has 1 aromatic carbocycles. The van der Waals surface area contributed by atoms with Crippen LogP contribution in [-0.4, -0.2) is 32.7 Å². The zero-order chi connectivity index (χ0) is 13.5. The molecule has 100 valence electrons. The Morgan fingerprint density at radius 3 is 2.44 bits per heavy atom. The lowest BCUT2D eigenvalue weighted by Crippen LogP contribution is -2.34. The quantitative estimate of drug-likeness (QED) is 0.837. The molecule has 0 fully saturated rings. The molecule has 0 radical (unpaired) electrons. The SMILES string of the molecule is CCO[C@H](C)C(=O)NCc1ccc(N(C)C)cc1. The highest BCUT2D eigenvalue weighted by Crippen LogP contribution is 2.11. The Balaban J connectivity index is 2.46. The Hall–Kier alpha value is -1.55. The van der Waals surface area contributed by atoms with Crippen molar-refractivity contribution >= 4 is 11.6 Å². The maximum absolute atomic E-state index is 11.6. The van der Waals surface area contributed by atoms with Crippen LogP contribution in [0, 0.1) is 0 Å². The smallest absolute Gasteiger partial charge is 0.249 e. The van der Waals surface area contributed by atoms with Gasteiger partial charge in [0.2, 0.25) is 5.91 Å². The van der Waals surface area contributed by atoms with E-state index in [4.69, 9.17) is 4.74 Å². The van der Waals surface area contributed by atoms with Crippen LogP contribution in [0.15, 0.2) is 24.3 Å². The van der Waals surface area contributed by atoms with Crippen LogP contribution in [0.4, 0.5) is 5.69 Å². The first-order chi connectivity index (χ1) is 8.54. The lowest BCUT2D eigenvalue weighted by atomic mass is 10.2. The van der Waals surface area contributed by atoms with E-state index in [1.807, 2.05) is 50.2 Å². The van der Waals surface area contributed by atoms with Gasteiger partial charge in [-0.2, -0.15) is 0 Å². The predicted octanol–water partition coefficient (Wildman–Crippen LogP) is 1.79. The summed E-state index contributed by atoms with van der Waals surface area (Å²) in [7, 11) is 4.00. The van der Waals surface area contributed by atoms with Crippen LogP contribution in [0.25, 0.3) is 0 Å². The molecule has 0 unspecified atom stereocenters. The van der Waals surface area contributed by atoms with Gasteiger partial charge in [-0.1, -0.05) is 12.1 Å². The first-order valence-electron chi connectivity index (χ1n) is 6.20. The van der Waals surface area contributed by atoms with Gasteiger partial charge in [-0.3, -0.25) is 4.79 Å². The van der Waals surface area contributed by atoms with Gasteiger partial charge in [0, 0.05) is 32.9 Å². The highest BCUT2D eigenvalue weighted by molar-refractivity contribution is 5.80. The van der Waals surface area contributed by atoms with Gasteiger partial charge < -0.3 is 15.0 Å². The topological polar surface area (TPSA) is 41.6 Å². The zero-order valence-corrected chi connectivity index (χ0v) is 11.6. The van der Waals surface area contributed by atoms with E-state index in [2.05, 4.69) is 5.32 Å². The molecule has 0 aliphatic carbocycles. The summed E-state index contributed by atoms with van der Waals surface area (Å²) < 4.78 is 5.22. The average molecular weight is 250 g/mol. The Morgan fingerprint density at radius 1 is 1.33 bits per heavy atom. The standard InChI is InChI=1S/C14H22N2O2/c1-5-18-11(2)14(17)15-10-12-6-8-13(9-7-12)16(3)4/h6-9,11H,5,10H2,1-4H3,(H,15,17)/t11-/m1/s1. The summed E-state index contributed by atoms with van der Waals surface area (Å²) in [5.41, 5.74) is 2.23. The van der Waals surface area contributed by atoms with E-state index in [9.17, 15) is 4.79 Å². The zero-order valence-electron chi connectivity index (χ0n) is 11.6. The Kier molecular flexibility index (Phi) is 5.65. The van der Waals surface area contributed by atoms with Gasteiger partial charge >= 0.3 is 0 Å². The number of nitrogens with zero attached hydrogens (tertiary/aromatic N) is 1. The molecule has 0 aromatic heterocycles. The van der Waals surface area contributed by atoms with E-state index < -0.39 is 6.10 Å². The first-order valence-corrected chi connectivity index (χ1v) is 6.20. The lowest BCUT2D eigenvalue weighted by molar-refractivity contribution is -0.131. The van der Waals surface area contributed by atoms with Crippen molar-refractivity contribution in [2.75, 3.05) is 25.6 Å². The van der Waals surface area contributed by atoms with Crippen molar-refractivity contribution in [3.05, 3.63) is 29.8 Å². The average Bonchev–Trinajstić information content (AvgIpc) is 2.36. The lowest BCUT2D eigenvalue weighted by Gasteiger charge is -2.14. The summed E-state index contributed by atoms with van der Waals surface area (Å²) >= 11 is 0. The maximum Gasteiger partial charge on any atom is 0.249 e. The molecule has 1 atom stereocenters. The summed E-state index contributed by atoms with van der Waals surface area (Å²) in [6.45, 7) is 4.72. The van der Waals surface area contributed by atoms with Gasteiger partial charge in [0.15, 0.2) is 0 Å². The summed E-state index contributed by atoms with van der Waals surface area (Å²) in [6, 6.07) is 8.10. The molecule has 18 heavy (non-hydrogen) atoms. The number of hydrogen-bond acceptors (Lipinski definition) is 3. The predicted molar refractivity (Wildman–Crippen MR) is 73.7 cm³/mol. The van der Waals surface area contributed by atoms with Gasteiger partial charge in [0.25, 0.3) is 0 Å². The van der Waals surface area contributed by atoms with Gasteiger partial charge in [-0.05, 0) is 31.5 Å². The molecule has 1 N–H and O–H groups in total. The molecule has 0 aliphatic heterocycles. The molecule has 1 aromatic rings. The number of hydrogen-bond donors (Lipinski definition) is 1. The van der Waals surface area contributed by atoms with Crippen LogP contribution < -0.4 is 10.2 Å². The third-order valence-corrected chi connectivity index (χ3v) is 2.71. The van der Waals surface area contributed by atoms with Crippen molar-refractivity contribution in [3.8, 4) is 0 Å². The molecule has 0 heterocycles. The van der Waals surface area contributed by atoms with Crippen molar-refractivity contribution < 1.29 is 9.53 Å². The third-order valence-electron chi connectivity index (χ3n) is 2.71. The molecular formula is C14H22N2O2. The number of carbonyl (C=O) groups is 1. The normalized spacial score (nSPS) is 12.0. The van der Waals surface area contributed by atoms with Crippen molar-refractivity contribution in [2.24, 2.45) is 0 Å². The van der Waals surface area contributed by atoms with E-state index in [0.29, 0.717) is 13.2 Å². The van der Waals surface area contributed by atoms with E-state index in [0.717, 1.165) is 11.3 Å². The first kappa shape index (κ1) is 14.5. The van der Waals surface area contributed by atoms with Crippen molar-refractivity contribution in [1.29, 1.82) is 0 Å². The third kappa shape index (κ3) is 4.37. The Morgan fingerprint density at radius 2 is 1.94 bits per heavy atom. The molecule has 4 nitrogen and oxygen atoms in total. The van der Waals surface area contributed by atoms with Crippen LogP contribution >= 0.6 is 0 Å². The van der Waals surface area contributed by atoms with Crippen LogP contribution in [0.1, 0.15) is 19.4 Å². The minimum absolute atomic E-state index is 0.0754. The second-order valence-corrected chi connectivity index (χ2v) is 4.38. The molecule has 0 saturated heterocycles. The van der Waals surface area contributed by atoms with Crippen LogP contribution in [0.5, 0.6) is 0 Å². The number of nitrogens with one attached hydrogen (secondary N) is 1. The summed E-state index contributed by atoms with van der Waals surface area (Å²) in [5, 5.41) is 2.85. The van der Waals surface area contributed by atoms with Gasteiger partial charge in [0.1, 0.15) is 6.10 Å². The fourth-order valence-corrected chi connectivity index (χ4v) is 1.57. The summed E-state index contributed by atoms with van der Waals surface area (Å²) in [5.74, 6) is -0.0754. The van der Waals surface area contributed by atoms with Gasteiger partial charge in [-0.25, -0.2) is 0 Å². The number of anilines is 1. The number of amides is 1. The van der Waals surface area contributed by atoms with Gasteiger partial charge in [0.05, 0.1) is 0 Å². The molecule has 0 saturated carbocycles. The molecule has 4 heteroatoms. The minimum Gasteiger partial charge on any atom is -0.378 e.